The number of carboxylic acids is 1. The number of aromatic carboxylic acids is 1. The number of hydrogen-bond acceptors (Lipinski definition) is 3. The molecule has 0 aromatic carbocycles. The minimum absolute atomic E-state index is 0.239. The smallest absolute Gasteiger partial charge is 0.337 e. The maximum Gasteiger partial charge on any atom is 0.337 e. The Hall–Kier alpha value is -1.10. The van der Waals surface area contributed by atoms with Crippen molar-refractivity contribution in [3.8, 4) is 11.3 Å². The fraction of sp³-hybridized carbons (Fsp3) is 0.231. The van der Waals surface area contributed by atoms with Gasteiger partial charge in [0, 0.05) is 5.56 Å². The van der Waals surface area contributed by atoms with Crippen LogP contribution in [0.2, 0.25) is 8.67 Å². The quantitative estimate of drug-likeness (QED) is 0.884. The lowest BCUT2D eigenvalue weighted by Crippen LogP contribution is -2.05. The summed E-state index contributed by atoms with van der Waals surface area (Å²) in [6, 6.07) is 4.97. The Morgan fingerprint density at radius 1 is 1.42 bits per heavy atom. The third-order valence-corrected chi connectivity index (χ3v) is 4.11. The van der Waals surface area contributed by atoms with Crippen molar-refractivity contribution in [3.63, 3.8) is 0 Å². The van der Waals surface area contributed by atoms with Crippen molar-refractivity contribution in [2.24, 2.45) is 0 Å². The van der Waals surface area contributed by atoms with Gasteiger partial charge in [0.1, 0.15) is 4.34 Å². The van der Waals surface area contributed by atoms with E-state index in [2.05, 4.69) is 4.98 Å². The molecule has 0 aliphatic carbocycles. The highest BCUT2D eigenvalue weighted by atomic mass is 35.5. The summed E-state index contributed by atoms with van der Waals surface area (Å²) in [6.45, 7) is 1.98. The summed E-state index contributed by atoms with van der Waals surface area (Å²) in [5.41, 5.74) is 2.21. The first-order valence-electron chi connectivity index (χ1n) is 5.71. The van der Waals surface area contributed by atoms with Gasteiger partial charge in [-0.05, 0) is 24.6 Å². The van der Waals surface area contributed by atoms with E-state index >= 15 is 0 Å². The molecule has 0 saturated heterocycles. The molecule has 2 aromatic rings. The molecule has 1 N–H and O–H groups in total. The van der Waals surface area contributed by atoms with E-state index in [-0.39, 0.29) is 5.56 Å². The second-order valence-corrected chi connectivity index (χ2v) is 6.27. The lowest BCUT2D eigenvalue weighted by molar-refractivity contribution is 0.0695. The van der Waals surface area contributed by atoms with Crippen LogP contribution in [0.25, 0.3) is 11.3 Å². The maximum atomic E-state index is 11.1. The van der Waals surface area contributed by atoms with Crippen molar-refractivity contribution in [2.45, 2.75) is 19.8 Å². The Morgan fingerprint density at radius 2 is 2.16 bits per heavy atom. The van der Waals surface area contributed by atoms with Gasteiger partial charge in [0.25, 0.3) is 0 Å². The summed E-state index contributed by atoms with van der Waals surface area (Å²) in [4.78, 5) is 15.5. The van der Waals surface area contributed by atoms with Crippen LogP contribution in [0.1, 0.15) is 29.4 Å². The van der Waals surface area contributed by atoms with Crippen LogP contribution in [0, 0.1) is 0 Å². The Bertz CT molecular complexity index is 625. The summed E-state index contributed by atoms with van der Waals surface area (Å²) in [7, 11) is 0. The molecule has 0 aliphatic heterocycles. The molecule has 0 saturated carbocycles. The molecular formula is C13H11Cl2NO2S. The zero-order valence-corrected chi connectivity index (χ0v) is 12.4. The van der Waals surface area contributed by atoms with Crippen LogP contribution >= 0.6 is 34.5 Å². The van der Waals surface area contributed by atoms with Gasteiger partial charge in [0.2, 0.25) is 0 Å². The fourth-order valence-electron chi connectivity index (χ4n) is 1.79. The average Bonchev–Trinajstić information content (AvgIpc) is 2.68. The van der Waals surface area contributed by atoms with Crippen LogP contribution < -0.4 is 0 Å². The standard InChI is InChI=1S/C13H11Cl2NO2S/c1-2-3-9-7(13(17)18)4-5-10(16-9)8-6-11(14)19-12(8)15/h4-6H,2-3H2,1H3,(H,17,18). The first kappa shape index (κ1) is 14.3. The van der Waals surface area contributed by atoms with Gasteiger partial charge in [0.05, 0.1) is 21.3 Å². The molecule has 100 valence electrons. The number of hydrogen-bond donors (Lipinski definition) is 1. The summed E-state index contributed by atoms with van der Waals surface area (Å²) >= 11 is 13.3. The molecule has 3 nitrogen and oxygen atoms in total. The molecule has 0 radical (unpaired) electrons. The second-order valence-electron chi connectivity index (χ2n) is 3.98. The van der Waals surface area contributed by atoms with E-state index in [1.165, 1.54) is 11.3 Å². The van der Waals surface area contributed by atoms with Crippen LogP contribution in [0.15, 0.2) is 18.2 Å². The van der Waals surface area contributed by atoms with E-state index in [1.807, 2.05) is 6.92 Å². The number of pyridine rings is 1. The molecule has 0 unspecified atom stereocenters. The van der Waals surface area contributed by atoms with E-state index in [4.69, 9.17) is 28.3 Å². The number of halogens is 2. The molecule has 0 atom stereocenters. The van der Waals surface area contributed by atoms with Crippen molar-refractivity contribution in [1.82, 2.24) is 4.98 Å². The van der Waals surface area contributed by atoms with Crippen LogP contribution in [0.5, 0.6) is 0 Å². The Kier molecular flexibility index (Phi) is 4.45. The minimum atomic E-state index is -0.961. The second kappa shape index (κ2) is 5.90. The number of carboxylic acid groups (broad SMARTS) is 1. The Labute approximate surface area is 124 Å². The molecular weight excluding hydrogens is 305 g/mol. The monoisotopic (exact) mass is 315 g/mol. The molecule has 6 heteroatoms. The predicted octanol–water partition coefficient (Wildman–Crippen LogP) is 4.77. The zero-order chi connectivity index (χ0) is 14.0. The van der Waals surface area contributed by atoms with E-state index < -0.39 is 5.97 Å². The van der Waals surface area contributed by atoms with E-state index in [9.17, 15) is 4.79 Å². The minimum Gasteiger partial charge on any atom is -0.478 e. The molecule has 2 heterocycles. The first-order valence-corrected chi connectivity index (χ1v) is 7.28. The van der Waals surface area contributed by atoms with Crippen molar-refractivity contribution < 1.29 is 9.90 Å². The van der Waals surface area contributed by atoms with Gasteiger partial charge in [-0.2, -0.15) is 0 Å². The molecule has 0 amide bonds. The Balaban J connectivity index is 2.51. The number of carbonyl (C=O) groups is 1. The highest BCUT2D eigenvalue weighted by Crippen LogP contribution is 2.37. The summed E-state index contributed by atoms with van der Waals surface area (Å²) in [5.74, 6) is -0.961. The molecule has 0 fully saturated rings. The van der Waals surface area contributed by atoms with Crippen LogP contribution in [-0.2, 0) is 6.42 Å². The van der Waals surface area contributed by atoms with Gasteiger partial charge < -0.3 is 5.11 Å². The molecule has 0 spiro atoms. The summed E-state index contributed by atoms with van der Waals surface area (Å²) in [5, 5.41) is 9.13. The van der Waals surface area contributed by atoms with Gasteiger partial charge in [-0.1, -0.05) is 36.5 Å². The summed E-state index contributed by atoms with van der Waals surface area (Å²) in [6.07, 6.45) is 1.44. The van der Waals surface area contributed by atoms with Crippen molar-refractivity contribution >= 4 is 40.5 Å². The maximum absolute atomic E-state index is 11.1. The van der Waals surface area contributed by atoms with Crippen LogP contribution in [-0.4, -0.2) is 16.1 Å². The first-order chi connectivity index (χ1) is 9.02. The number of nitrogens with zero attached hydrogens (tertiary/aromatic N) is 1. The molecule has 2 aromatic heterocycles. The van der Waals surface area contributed by atoms with E-state index in [1.54, 1.807) is 18.2 Å². The zero-order valence-electron chi connectivity index (χ0n) is 10.1. The normalized spacial score (nSPS) is 10.7. The van der Waals surface area contributed by atoms with Crippen molar-refractivity contribution in [2.75, 3.05) is 0 Å². The topological polar surface area (TPSA) is 50.2 Å². The SMILES string of the molecule is CCCc1nc(-c2cc(Cl)sc2Cl)ccc1C(=O)O. The lowest BCUT2D eigenvalue weighted by Gasteiger charge is -2.06. The fourth-order valence-corrected chi connectivity index (χ4v) is 3.27. The molecule has 0 aliphatic rings. The number of rotatable bonds is 4. The van der Waals surface area contributed by atoms with Gasteiger partial charge >= 0.3 is 5.97 Å². The van der Waals surface area contributed by atoms with Gasteiger partial charge in [-0.3, -0.25) is 4.98 Å². The van der Waals surface area contributed by atoms with E-state index in [0.29, 0.717) is 26.5 Å². The van der Waals surface area contributed by atoms with Crippen LogP contribution in [0.3, 0.4) is 0 Å². The predicted molar refractivity (Wildman–Crippen MR) is 78.5 cm³/mol. The highest BCUT2D eigenvalue weighted by molar-refractivity contribution is 7.20. The number of thiophene rings is 1. The van der Waals surface area contributed by atoms with Gasteiger partial charge in [0.15, 0.2) is 0 Å². The van der Waals surface area contributed by atoms with E-state index in [0.717, 1.165) is 12.0 Å². The van der Waals surface area contributed by atoms with Crippen molar-refractivity contribution in [1.29, 1.82) is 0 Å². The van der Waals surface area contributed by atoms with Crippen LogP contribution in [0.4, 0.5) is 0 Å². The molecule has 0 bridgehead atoms. The average molecular weight is 316 g/mol. The number of aryl methyl sites for hydroxylation is 1. The third kappa shape index (κ3) is 3.08. The van der Waals surface area contributed by atoms with Gasteiger partial charge in [-0.25, -0.2) is 4.79 Å². The van der Waals surface area contributed by atoms with Gasteiger partial charge in [-0.15, -0.1) is 11.3 Å². The highest BCUT2D eigenvalue weighted by Gasteiger charge is 2.15. The Morgan fingerprint density at radius 3 is 2.68 bits per heavy atom. The molecule has 19 heavy (non-hydrogen) atoms. The number of aromatic nitrogens is 1. The van der Waals surface area contributed by atoms with Crippen molar-refractivity contribution in [3.05, 3.63) is 38.1 Å². The molecule has 2 rings (SSSR count). The lowest BCUT2D eigenvalue weighted by atomic mass is 10.1. The largest absolute Gasteiger partial charge is 0.478 e. The third-order valence-electron chi connectivity index (χ3n) is 2.62. The summed E-state index contributed by atoms with van der Waals surface area (Å²) < 4.78 is 1.14.